The van der Waals surface area contributed by atoms with Crippen molar-refractivity contribution in [1.82, 2.24) is 10.3 Å². The molecule has 1 heterocycles. The number of aromatic amines is 1. The van der Waals surface area contributed by atoms with Gasteiger partial charge in [0.15, 0.2) is 6.04 Å². The van der Waals surface area contributed by atoms with Crippen LogP contribution in [0.3, 0.4) is 0 Å². The molecule has 1 atom stereocenters. The van der Waals surface area contributed by atoms with Crippen molar-refractivity contribution in [2.45, 2.75) is 6.04 Å². The van der Waals surface area contributed by atoms with E-state index in [0.29, 0.717) is 5.56 Å². The zero-order valence-electron chi connectivity index (χ0n) is 10.4. The van der Waals surface area contributed by atoms with Crippen LogP contribution < -0.4 is 10.9 Å². The molecule has 0 aliphatic rings. The first kappa shape index (κ1) is 13.5. The van der Waals surface area contributed by atoms with Gasteiger partial charge in [-0.05, 0) is 17.7 Å². The van der Waals surface area contributed by atoms with Gasteiger partial charge in [-0.15, -0.1) is 0 Å². The molecule has 0 saturated heterocycles. The van der Waals surface area contributed by atoms with Gasteiger partial charge < -0.3 is 15.4 Å². The Hall–Kier alpha value is -2.89. The molecular weight excluding hydrogens is 260 g/mol. The van der Waals surface area contributed by atoms with E-state index in [4.69, 9.17) is 0 Å². The van der Waals surface area contributed by atoms with Crippen LogP contribution in [0.2, 0.25) is 0 Å². The third kappa shape index (κ3) is 2.92. The van der Waals surface area contributed by atoms with Crippen LogP contribution in [-0.2, 0) is 4.79 Å². The van der Waals surface area contributed by atoms with Gasteiger partial charge in [0.1, 0.15) is 5.56 Å². The second-order valence-corrected chi connectivity index (χ2v) is 4.07. The number of nitrogens with one attached hydrogen (secondary N) is 2. The Bertz CT molecular complexity index is 679. The molecule has 0 fully saturated rings. The van der Waals surface area contributed by atoms with Gasteiger partial charge in [-0.3, -0.25) is 9.59 Å². The molecule has 2 aromatic rings. The van der Waals surface area contributed by atoms with Crippen molar-refractivity contribution in [3.8, 4) is 0 Å². The lowest BCUT2D eigenvalue weighted by atomic mass is 10.1. The summed E-state index contributed by atoms with van der Waals surface area (Å²) in [6.45, 7) is 0. The van der Waals surface area contributed by atoms with Crippen molar-refractivity contribution >= 4 is 11.9 Å². The van der Waals surface area contributed by atoms with Crippen LogP contribution in [0.15, 0.2) is 53.5 Å². The largest absolute Gasteiger partial charge is 0.479 e. The molecule has 0 unspecified atom stereocenters. The number of aromatic nitrogens is 1. The van der Waals surface area contributed by atoms with Gasteiger partial charge in [-0.25, -0.2) is 4.79 Å². The van der Waals surface area contributed by atoms with Crippen molar-refractivity contribution in [2.24, 2.45) is 0 Å². The first-order chi connectivity index (χ1) is 9.59. The third-order valence-electron chi connectivity index (χ3n) is 2.72. The van der Waals surface area contributed by atoms with Gasteiger partial charge >= 0.3 is 5.97 Å². The fourth-order valence-corrected chi connectivity index (χ4v) is 1.74. The molecule has 0 saturated carbocycles. The summed E-state index contributed by atoms with van der Waals surface area (Å²) in [5.74, 6) is -1.93. The summed E-state index contributed by atoms with van der Waals surface area (Å²) >= 11 is 0. The summed E-state index contributed by atoms with van der Waals surface area (Å²) in [5.41, 5.74) is -0.266. The summed E-state index contributed by atoms with van der Waals surface area (Å²) in [7, 11) is 0. The number of carbonyl (C=O) groups excluding carboxylic acids is 1. The second kappa shape index (κ2) is 5.83. The summed E-state index contributed by atoms with van der Waals surface area (Å²) in [4.78, 5) is 37.1. The average Bonchev–Trinajstić information content (AvgIpc) is 2.45. The predicted molar refractivity (Wildman–Crippen MR) is 71.3 cm³/mol. The SMILES string of the molecule is O=C(N[C@@H](C(=O)O)c1ccccc1)c1ccc[nH]c1=O. The number of benzene rings is 1. The Morgan fingerprint density at radius 1 is 1.10 bits per heavy atom. The zero-order chi connectivity index (χ0) is 14.5. The minimum absolute atomic E-state index is 0.130. The topological polar surface area (TPSA) is 99.3 Å². The smallest absolute Gasteiger partial charge is 0.330 e. The molecule has 6 heteroatoms. The summed E-state index contributed by atoms with van der Waals surface area (Å²) in [5, 5.41) is 11.5. The maximum absolute atomic E-state index is 12.0. The number of aliphatic carboxylic acids is 1. The molecule has 1 amide bonds. The standard InChI is InChI=1S/C14H12N2O4/c17-12-10(7-4-8-15-12)13(18)16-11(14(19)20)9-5-2-1-3-6-9/h1-8,11H,(H,15,17)(H,16,18)(H,19,20)/t11-/m1/s1. The highest BCUT2D eigenvalue weighted by atomic mass is 16.4. The number of hydrogen-bond donors (Lipinski definition) is 3. The minimum Gasteiger partial charge on any atom is -0.479 e. The maximum atomic E-state index is 12.0. The van der Waals surface area contributed by atoms with Crippen molar-refractivity contribution in [3.63, 3.8) is 0 Å². The minimum atomic E-state index is -1.21. The predicted octanol–water partition coefficient (Wildman–Crippen LogP) is 0.931. The molecule has 0 aliphatic carbocycles. The lowest BCUT2D eigenvalue weighted by Gasteiger charge is -2.14. The molecule has 2 rings (SSSR count). The van der Waals surface area contributed by atoms with E-state index in [1.807, 2.05) is 0 Å². The quantitative estimate of drug-likeness (QED) is 0.771. The molecule has 0 radical (unpaired) electrons. The molecular formula is C14H12N2O4. The Balaban J connectivity index is 2.26. The van der Waals surface area contributed by atoms with E-state index in [-0.39, 0.29) is 5.56 Å². The molecule has 102 valence electrons. The molecule has 1 aromatic heterocycles. The fourth-order valence-electron chi connectivity index (χ4n) is 1.74. The number of rotatable bonds is 4. The summed E-state index contributed by atoms with van der Waals surface area (Å²) < 4.78 is 0. The highest BCUT2D eigenvalue weighted by Crippen LogP contribution is 2.13. The molecule has 0 aliphatic heterocycles. The molecule has 0 spiro atoms. The van der Waals surface area contributed by atoms with Crippen LogP contribution in [0, 0.1) is 0 Å². The third-order valence-corrected chi connectivity index (χ3v) is 2.72. The van der Waals surface area contributed by atoms with E-state index in [1.54, 1.807) is 30.3 Å². The molecule has 0 bridgehead atoms. The van der Waals surface area contributed by atoms with E-state index in [9.17, 15) is 19.5 Å². The van der Waals surface area contributed by atoms with Crippen molar-refractivity contribution in [2.75, 3.05) is 0 Å². The van der Waals surface area contributed by atoms with Crippen LogP contribution in [0.1, 0.15) is 22.0 Å². The van der Waals surface area contributed by atoms with E-state index in [1.165, 1.54) is 18.3 Å². The van der Waals surface area contributed by atoms with Crippen LogP contribution in [0.5, 0.6) is 0 Å². The average molecular weight is 272 g/mol. The van der Waals surface area contributed by atoms with E-state index in [2.05, 4.69) is 10.3 Å². The summed E-state index contributed by atoms with van der Waals surface area (Å²) in [6.07, 6.45) is 1.39. The first-order valence-electron chi connectivity index (χ1n) is 5.86. The number of pyridine rings is 1. The number of hydrogen-bond acceptors (Lipinski definition) is 3. The Morgan fingerprint density at radius 3 is 2.40 bits per heavy atom. The monoisotopic (exact) mass is 272 g/mol. The highest BCUT2D eigenvalue weighted by molar-refractivity contribution is 5.96. The maximum Gasteiger partial charge on any atom is 0.330 e. The molecule has 1 aromatic carbocycles. The van der Waals surface area contributed by atoms with Crippen molar-refractivity contribution in [1.29, 1.82) is 0 Å². The zero-order valence-corrected chi connectivity index (χ0v) is 10.4. The van der Waals surface area contributed by atoms with Crippen LogP contribution >= 0.6 is 0 Å². The second-order valence-electron chi connectivity index (χ2n) is 4.07. The normalized spacial score (nSPS) is 11.6. The number of carboxylic acids is 1. The fraction of sp³-hybridized carbons (Fsp3) is 0.0714. The van der Waals surface area contributed by atoms with Gasteiger partial charge in [-0.1, -0.05) is 30.3 Å². The number of carboxylic acid groups (broad SMARTS) is 1. The van der Waals surface area contributed by atoms with Gasteiger partial charge in [0, 0.05) is 6.20 Å². The van der Waals surface area contributed by atoms with Gasteiger partial charge in [0.2, 0.25) is 0 Å². The highest BCUT2D eigenvalue weighted by Gasteiger charge is 2.23. The van der Waals surface area contributed by atoms with Gasteiger partial charge in [0.25, 0.3) is 11.5 Å². The van der Waals surface area contributed by atoms with E-state index in [0.717, 1.165) is 0 Å². The van der Waals surface area contributed by atoms with E-state index >= 15 is 0 Å². The number of H-pyrrole nitrogens is 1. The van der Waals surface area contributed by atoms with Gasteiger partial charge in [0.05, 0.1) is 0 Å². The van der Waals surface area contributed by atoms with Crippen LogP contribution in [0.4, 0.5) is 0 Å². The Kier molecular flexibility index (Phi) is 3.95. The lowest BCUT2D eigenvalue weighted by molar-refractivity contribution is -0.139. The lowest BCUT2D eigenvalue weighted by Crippen LogP contribution is -2.36. The molecule has 6 nitrogen and oxygen atoms in total. The van der Waals surface area contributed by atoms with Crippen LogP contribution in [0.25, 0.3) is 0 Å². The van der Waals surface area contributed by atoms with Crippen molar-refractivity contribution < 1.29 is 14.7 Å². The molecule has 20 heavy (non-hydrogen) atoms. The number of carbonyl (C=O) groups is 2. The van der Waals surface area contributed by atoms with Gasteiger partial charge in [-0.2, -0.15) is 0 Å². The number of amides is 1. The molecule has 3 N–H and O–H groups in total. The first-order valence-corrected chi connectivity index (χ1v) is 5.86. The Morgan fingerprint density at radius 2 is 1.80 bits per heavy atom. The Labute approximate surface area is 114 Å². The van der Waals surface area contributed by atoms with Crippen LogP contribution in [-0.4, -0.2) is 22.0 Å². The van der Waals surface area contributed by atoms with E-state index < -0.39 is 23.5 Å². The van der Waals surface area contributed by atoms with Crippen molar-refractivity contribution in [3.05, 3.63) is 70.1 Å². The summed E-state index contributed by atoms with van der Waals surface area (Å²) in [6, 6.07) is 9.89.